The van der Waals surface area contributed by atoms with E-state index < -0.39 is 30.0 Å². The molecule has 4 heterocycles. The van der Waals surface area contributed by atoms with E-state index in [9.17, 15) is 13.6 Å². The Morgan fingerprint density at radius 1 is 1.24 bits per heavy atom. The molecule has 7 nitrogen and oxygen atoms in total. The van der Waals surface area contributed by atoms with Crippen LogP contribution in [0.5, 0.6) is 0 Å². The Kier molecular flexibility index (Phi) is 6.17. The Bertz CT molecular complexity index is 1090. The molecule has 34 heavy (non-hydrogen) atoms. The molecule has 11 heteroatoms. The van der Waals surface area contributed by atoms with Crippen LogP contribution in [-0.4, -0.2) is 48.2 Å². The molecular weight excluding hydrogens is 454 g/mol. The van der Waals surface area contributed by atoms with Gasteiger partial charge in [-0.1, -0.05) is 20.8 Å². The van der Waals surface area contributed by atoms with Gasteiger partial charge in [0.05, 0.1) is 11.3 Å². The molecule has 0 spiro atoms. The van der Waals surface area contributed by atoms with E-state index in [4.69, 9.17) is 4.74 Å². The number of ether oxygens (including phenoxy) is 1. The van der Waals surface area contributed by atoms with E-state index in [0.29, 0.717) is 25.5 Å². The third-order valence-electron chi connectivity index (χ3n) is 6.04. The fourth-order valence-electron chi connectivity index (χ4n) is 4.13. The van der Waals surface area contributed by atoms with Gasteiger partial charge in [0.2, 0.25) is 0 Å². The average molecular weight is 481 g/mol. The third-order valence-corrected chi connectivity index (χ3v) is 6.04. The zero-order valence-electron chi connectivity index (χ0n) is 19.3. The summed E-state index contributed by atoms with van der Waals surface area (Å²) >= 11 is 0. The van der Waals surface area contributed by atoms with E-state index in [1.54, 1.807) is 0 Å². The van der Waals surface area contributed by atoms with Crippen LogP contribution in [0.3, 0.4) is 0 Å². The molecule has 184 valence electrons. The number of alkyl halides is 4. The second kappa shape index (κ2) is 8.68. The maximum absolute atomic E-state index is 15.5. The van der Waals surface area contributed by atoms with Crippen molar-refractivity contribution < 1.29 is 27.1 Å². The first kappa shape index (κ1) is 24.2. The van der Waals surface area contributed by atoms with Gasteiger partial charge < -0.3 is 15.0 Å². The molecule has 0 aliphatic carbocycles. The number of carbonyl (C=O) groups is 1. The van der Waals surface area contributed by atoms with Crippen molar-refractivity contribution >= 4 is 17.7 Å². The largest absolute Gasteiger partial charge is 0.435 e. The van der Waals surface area contributed by atoms with E-state index in [2.05, 4.69) is 20.6 Å². The van der Waals surface area contributed by atoms with Crippen molar-refractivity contribution in [3.63, 3.8) is 0 Å². The SMILES string of the molecule is C[C@H]1CN(c2cc(C(F)(F)C(C)(C)C)cc(-c3ccnc4c3[C@H](C(F)F)OC(=O)N4)n2)CCN1. The Morgan fingerprint density at radius 3 is 2.62 bits per heavy atom. The lowest BCUT2D eigenvalue weighted by Gasteiger charge is -2.35. The van der Waals surface area contributed by atoms with Crippen LogP contribution in [0, 0.1) is 5.41 Å². The predicted molar refractivity (Wildman–Crippen MR) is 119 cm³/mol. The van der Waals surface area contributed by atoms with E-state index in [0.717, 1.165) is 0 Å². The number of carbonyl (C=O) groups excluding carboxylic acids is 1. The van der Waals surface area contributed by atoms with Gasteiger partial charge in [0.15, 0.2) is 6.10 Å². The minimum absolute atomic E-state index is 0.0756. The molecule has 1 saturated heterocycles. The Labute approximate surface area is 194 Å². The highest BCUT2D eigenvalue weighted by atomic mass is 19.3. The molecular formula is C23H27F4N5O2. The van der Waals surface area contributed by atoms with Crippen molar-refractivity contribution in [2.75, 3.05) is 29.9 Å². The summed E-state index contributed by atoms with van der Waals surface area (Å²) in [7, 11) is 0. The number of amides is 1. The molecule has 0 saturated carbocycles. The van der Waals surface area contributed by atoms with Crippen LogP contribution in [0.1, 0.15) is 44.9 Å². The summed E-state index contributed by atoms with van der Waals surface area (Å²) in [6.45, 7) is 8.03. The summed E-state index contributed by atoms with van der Waals surface area (Å²) < 4.78 is 63.5. The number of hydrogen-bond donors (Lipinski definition) is 2. The van der Waals surface area contributed by atoms with E-state index >= 15 is 8.78 Å². The molecule has 2 atom stereocenters. The van der Waals surface area contributed by atoms with Crippen LogP contribution in [0.4, 0.5) is 34.0 Å². The number of rotatable bonds is 4. The molecule has 0 aromatic carbocycles. The number of cyclic esters (lactones) is 1. The quantitative estimate of drug-likeness (QED) is 0.602. The molecule has 2 aromatic rings. The minimum Gasteiger partial charge on any atom is -0.435 e. The minimum atomic E-state index is -3.24. The highest BCUT2D eigenvalue weighted by molar-refractivity contribution is 5.89. The molecule has 1 amide bonds. The fraction of sp³-hybridized carbons (Fsp3) is 0.522. The van der Waals surface area contributed by atoms with Crippen LogP contribution in [0.15, 0.2) is 24.4 Å². The Balaban J connectivity index is 1.92. The molecule has 0 radical (unpaired) electrons. The molecule has 2 aromatic heterocycles. The van der Waals surface area contributed by atoms with Gasteiger partial charge in [-0.3, -0.25) is 5.32 Å². The lowest BCUT2D eigenvalue weighted by atomic mass is 9.83. The van der Waals surface area contributed by atoms with Gasteiger partial charge in [0.1, 0.15) is 11.6 Å². The summed E-state index contributed by atoms with van der Waals surface area (Å²) in [6.07, 6.45) is -4.69. The van der Waals surface area contributed by atoms with Gasteiger partial charge in [-0.05, 0) is 25.1 Å². The number of fused-ring (bicyclic) bond motifs is 1. The van der Waals surface area contributed by atoms with Crippen LogP contribution < -0.4 is 15.5 Å². The molecule has 2 aliphatic heterocycles. The van der Waals surface area contributed by atoms with Gasteiger partial charge in [0, 0.05) is 48.4 Å². The first-order valence-corrected chi connectivity index (χ1v) is 11.0. The van der Waals surface area contributed by atoms with Gasteiger partial charge in [-0.25, -0.2) is 32.3 Å². The molecule has 0 bridgehead atoms. The van der Waals surface area contributed by atoms with Crippen molar-refractivity contribution in [1.82, 2.24) is 15.3 Å². The summed E-state index contributed by atoms with van der Waals surface area (Å²) in [5.41, 5.74) is -1.55. The van der Waals surface area contributed by atoms with Gasteiger partial charge in [0.25, 0.3) is 12.3 Å². The second-order valence-electron chi connectivity index (χ2n) is 9.63. The molecule has 1 fully saturated rings. The number of anilines is 2. The summed E-state index contributed by atoms with van der Waals surface area (Å²) in [6, 6.07) is 4.12. The lowest BCUT2D eigenvalue weighted by Crippen LogP contribution is -2.49. The third kappa shape index (κ3) is 4.40. The van der Waals surface area contributed by atoms with Crippen LogP contribution in [-0.2, 0) is 10.7 Å². The molecule has 2 aliphatic rings. The zero-order chi connectivity index (χ0) is 24.8. The maximum atomic E-state index is 15.5. The number of pyridine rings is 2. The first-order valence-electron chi connectivity index (χ1n) is 11.0. The van der Waals surface area contributed by atoms with E-state index in [1.807, 2.05) is 11.8 Å². The number of piperazine rings is 1. The van der Waals surface area contributed by atoms with E-state index in [1.165, 1.54) is 45.2 Å². The molecule has 0 unspecified atom stereocenters. The highest BCUT2D eigenvalue weighted by Crippen LogP contribution is 2.47. The lowest BCUT2D eigenvalue weighted by molar-refractivity contribution is -0.104. The van der Waals surface area contributed by atoms with Crippen molar-refractivity contribution in [2.45, 2.75) is 52.2 Å². The fourth-order valence-corrected chi connectivity index (χ4v) is 4.13. The van der Waals surface area contributed by atoms with Gasteiger partial charge in [-0.2, -0.15) is 0 Å². The Morgan fingerprint density at radius 2 is 1.97 bits per heavy atom. The second-order valence-corrected chi connectivity index (χ2v) is 9.63. The van der Waals surface area contributed by atoms with Crippen LogP contribution >= 0.6 is 0 Å². The van der Waals surface area contributed by atoms with E-state index in [-0.39, 0.29) is 34.2 Å². The monoisotopic (exact) mass is 481 g/mol. The smallest absolute Gasteiger partial charge is 0.413 e. The predicted octanol–water partition coefficient (Wildman–Crippen LogP) is 4.95. The summed E-state index contributed by atoms with van der Waals surface area (Å²) in [5, 5.41) is 5.60. The number of nitrogens with zero attached hydrogens (tertiary/aromatic N) is 3. The summed E-state index contributed by atoms with van der Waals surface area (Å²) in [4.78, 5) is 22.2. The standard InChI is InChI=1S/C23H27F4N5O2/c1-12-11-32(8-7-28-12)16-10-13(23(26,27)22(2,3)4)9-15(30-16)14-5-6-29-20-17(14)18(19(24)25)34-21(33)31-20/h5-6,9-10,12,18-19,28H,7-8,11H2,1-4H3,(H,29,31,33)/t12-,18+/m0/s1. The van der Waals surface area contributed by atoms with Gasteiger partial charge >= 0.3 is 6.09 Å². The average Bonchev–Trinajstić information content (AvgIpc) is 2.76. The maximum Gasteiger partial charge on any atom is 0.413 e. The van der Waals surface area contributed by atoms with Crippen molar-refractivity contribution in [3.05, 3.63) is 35.5 Å². The van der Waals surface area contributed by atoms with Crippen molar-refractivity contribution in [3.8, 4) is 11.3 Å². The van der Waals surface area contributed by atoms with Crippen molar-refractivity contribution in [1.29, 1.82) is 0 Å². The van der Waals surface area contributed by atoms with Gasteiger partial charge in [-0.15, -0.1) is 0 Å². The Hall–Kier alpha value is -2.95. The van der Waals surface area contributed by atoms with Crippen molar-refractivity contribution in [2.24, 2.45) is 5.41 Å². The molecule has 4 rings (SSSR count). The number of hydrogen-bond acceptors (Lipinski definition) is 6. The first-order chi connectivity index (χ1) is 15.9. The van der Waals surface area contributed by atoms with Crippen LogP contribution in [0.25, 0.3) is 11.3 Å². The summed E-state index contributed by atoms with van der Waals surface area (Å²) in [5.74, 6) is -3.02. The normalized spacial score (nSPS) is 21.2. The number of nitrogens with one attached hydrogen (secondary N) is 2. The molecule has 2 N–H and O–H groups in total. The van der Waals surface area contributed by atoms with Crippen LogP contribution in [0.2, 0.25) is 0 Å². The highest BCUT2D eigenvalue weighted by Gasteiger charge is 2.46. The topological polar surface area (TPSA) is 79.4 Å². The number of aromatic nitrogens is 2. The number of halogens is 4. The zero-order valence-corrected chi connectivity index (χ0v) is 19.3.